The summed E-state index contributed by atoms with van der Waals surface area (Å²) in [5, 5.41) is 3.81. The van der Waals surface area contributed by atoms with Crippen molar-refractivity contribution < 1.29 is 0 Å². The lowest BCUT2D eigenvalue weighted by molar-refractivity contribution is 1.17. The number of aromatic nitrogens is 3. The molecule has 0 radical (unpaired) electrons. The summed E-state index contributed by atoms with van der Waals surface area (Å²) in [5.74, 6) is 0. The largest absolute Gasteiger partial charge is 0.308 e. The molecule has 0 aliphatic rings. The molecule has 0 saturated heterocycles. The molecule has 9 rings (SSSR count). The van der Waals surface area contributed by atoms with Gasteiger partial charge in [-0.15, -0.1) is 11.3 Å². The molecule has 4 heterocycles. The summed E-state index contributed by atoms with van der Waals surface area (Å²) < 4.78 is 4.93. The normalized spacial score (nSPS) is 11.6. The summed E-state index contributed by atoms with van der Waals surface area (Å²) in [4.78, 5) is 10.0. The number of pyridine rings is 2. The number of benzene rings is 5. The van der Waals surface area contributed by atoms with Crippen LogP contribution in [0.2, 0.25) is 0 Å². The van der Waals surface area contributed by atoms with Crippen LogP contribution in [0.25, 0.3) is 81.4 Å². The van der Waals surface area contributed by atoms with Gasteiger partial charge in [-0.1, -0.05) is 97.1 Å². The van der Waals surface area contributed by atoms with E-state index in [1.165, 1.54) is 36.6 Å². The lowest BCUT2D eigenvalue weighted by atomic mass is 10.00. The van der Waals surface area contributed by atoms with E-state index in [0.717, 1.165) is 44.8 Å². The first kappa shape index (κ1) is 25.0. The number of fused-ring (bicyclic) bond motifs is 7. The van der Waals surface area contributed by atoms with Gasteiger partial charge in [-0.3, -0.25) is 4.98 Å². The van der Waals surface area contributed by atoms with E-state index in [4.69, 9.17) is 9.97 Å². The van der Waals surface area contributed by atoms with Crippen LogP contribution < -0.4 is 0 Å². The van der Waals surface area contributed by atoms with Gasteiger partial charge in [-0.2, -0.15) is 0 Å². The highest BCUT2D eigenvalue weighted by Gasteiger charge is 2.18. The molecule has 0 N–H and O–H groups in total. The molecule has 44 heavy (non-hydrogen) atoms. The summed E-state index contributed by atoms with van der Waals surface area (Å²) in [5.41, 5.74) is 10.8. The Morgan fingerprint density at radius 1 is 0.500 bits per heavy atom. The topological polar surface area (TPSA) is 30.7 Å². The van der Waals surface area contributed by atoms with Crippen LogP contribution in [0.3, 0.4) is 0 Å². The molecule has 0 bridgehead atoms. The van der Waals surface area contributed by atoms with Crippen LogP contribution in [-0.2, 0) is 0 Å². The van der Waals surface area contributed by atoms with E-state index in [2.05, 4.69) is 138 Å². The summed E-state index contributed by atoms with van der Waals surface area (Å²) in [6.45, 7) is 0. The Kier molecular flexibility index (Phi) is 5.68. The van der Waals surface area contributed by atoms with Gasteiger partial charge in [0.2, 0.25) is 0 Å². The smallest absolute Gasteiger partial charge is 0.0977 e. The predicted octanol–water partition coefficient (Wildman–Crippen LogP) is 10.9. The summed E-state index contributed by atoms with van der Waals surface area (Å²) in [7, 11) is 0. The molecule has 5 aromatic carbocycles. The van der Waals surface area contributed by atoms with Crippen LogP contribution >= 0.6 is 11.3 Å². The predicted molar refractivity (Wildman–Crippen MR) is 186 cm³/mol. The van der Waals surface area contributed by atoms with Crippen molar-refractivity contribution in [2.75, 3.05) is 0 Å². The van der Waals surface area contributed by atoms with E-state index >= 15 is 0 Å². The highest BCUT2D eigenvalue weighted by molar-refractivity contribution is 7.26. The molecule has 0 aliphatic heterocycles. The first-order valence-electron chi connectivity index (χ1n) is 14.7. The fraction of sp³-hybridized carbons (Fsp3) is 0. The van der Waals surface area contributed by atoms with Crippen molar-refractivity contribution in [2.24, 2.45) is 0 Å². The molecule has 0 unspecified atom stereocenters. The molecular formula is C40H25N3S. The quantitative estimate of drug-likeness (QED) is 0.208. The van der Waals surface area contributed by atoms with E-state index in [1.807, 2.05) is 29.7 Å². The minimum absolute atomic E-state index is 0.952. The van der Waals surface area contributed by atoms with Gasteiger partial charge in [0.15, 0.2) is 0 Å². The van der Waals surface area contributed by atoms with Crippen LogP contribution in [-0.4, -0.2) is 14.5 Å². The molecule has 9 aromatic rings. The maximum absolute atomic E-state index is 5.13. The van der Waals surface area contributed by atoms with Crippen LogP contribution in [0.4, 0.5) is 0 Å². The Hall–Kier alpha value is -5.58. The summed E-state index contributed by atoms with van der Waals surface area (Å²) in [6, 6.07) is 51.5. The van der Waals surface area contributed by atoms with Crippen molar-refractivity contribution in [3.05, 3.63) is 152 Å². The zero-order valence-electron chi connectivity index (χ0n) is 23.7. The fourth-order valence-electron chi connectivity index (χ4n) is 6.39. The second kappa shape index (κ2) is 10.0. The van der Waals surface area contributed by atoms with E-state index in [-0.39, 0.29) is 0 Å². The standard InChI is InChI=1S/C40H25N3S/c1-3-10-26(11-4-1)29-24-33(27-12-5-2-6-13-27)42-34(25-29)28-17-19-30(20-18-28)43-35-22-21-32-31-14-7-8-16-37(31)44-40(32)38(35)39-36(43)15-9-23-41-39/h1-25H. The third kappa shape index (κ3) is 3.96. The zero-order valence-corrected chi connectivity index (χ0v) is 24.5. The Morgan fingerprint density at radius 3 is 1.95 bits per heavy atom. The summed E-state index contributed by atoms with van der Waals surface area (Å²) >= 11 is 1.85. The van der Waals surface area contributed by atoms with E-state index in [1.54, 1.807) is 0 Å². The Balaban J connectivity index is 1.21. The van der Waals surface area contributed by atoms with Gasteiger partial charge in [0.1, 0.15) is 0 Å². The van der Waals surface area contributed by atoms with Gasteiger partial charge in [-0.05, 0) is 59.7 Å². The highest BCUT2D eigenvalue weighted by Crippen LogP contribution is 2.42. The SMILES string of the molecule is c1ccc(-c2cc(-c3ccccc3)nc(-c3ccc(-n4c5cccnc5c5c6sc7ccccc7c6ccc54)cc3)c2)cc1. The molecule has 4 aromatic heterocycles. The van der Waals surface area contributed by atoms with Crippen LogP contribution in [0.5, 0.6) is 0 Å². The maximum Gasteiger partial charge on any atom is 0.0977 e. The van der Waals surface area contributed by atoms with Gasteiger partial charge in [0.05, 0.1) is 27.9 Å². The van der Waals surface area contributed by atoms with Crippen molar-refractivity contribution in [1.29, 1.82) is 0 Å². The van der Waals surface area contributed by atoms with Gasteiger partial charge in [0.25, 0.3) is 0 Å². The number of hydrogen-bond acceptors (Lipinski definition) is 3. The van der Waals surface area contributed by atoms with Gasteiger partial charge >= 0.3 is 0 Å². The van der Waals surface area contributed by atoms with Crippen LogP contribution in [0, 0.1) is 0 Å². The Labute approximate surface area is 258 Å². The van der Waals surface area contributed by atoms with E-state index in [9.17, 15) is 0 Å². The fourth-order valence-corrected chi connectivity index (χ4v) is 7.63. The third-order valence-corrected chi connectivity index (χ3v) is 9.66. The molecule has 0 spiro atoms. The lowest BCUT2D eigenvalue weighted by Crippen LogP contribution is -1.95. The molecule has 0 aliphatic carbocycles. The van der Waals surface area contributed by atoms with Crippen molar-refractivity contribution >= 4 is 53.4 Å². The maximum atomic E-state index is 5.13. The number of hydrogen-bond donors (Lipinski definition) is 0. The Bertz CT molecular complexity index is 2420. The first-order valence-corrected chi connectivity index (χ1v) is 15.6. The Morgan fingerprint density at radius 2 is 1.18 bits per heavy atom. The molecule has 0 fully saturated rings. The molecule has 4 heteroatoms. The number of thiophene rings is 1. The molecule has 0 saturated carbocycles. The van der Waals surface area contributed by atoms with Gasteiger partial charge < -0.3 is 4.57 Å². The van der Waals surface area contributed by atoms with Gasteiger partial charge in [0, 0.05) is 48.6 Å². The number of nitrogens with zero attached hydrogens (tertiary/aromatic N) is 3. The monoisotopic (exact) mass is 579 g/mol. The van der Waals surface area contributed by atoms with Crippen molar-refractivity contribution in [1.82, 2.24) is 14.5 Å². The van der Waals surface area contributed by atoms with Crippen LogP contribution in [0.1, 0.15) is 0 Å². The highest BCUT2D eigenvalue weighted by atomic mass is 32.1. The molecule has 206 valence electrons. The zero-order chi connectivity index (χ0) is 29.0. The third-order valence-electron chi connectivity index (χ3n) is 8.45. The minimum atomic E-state index is 0.952. The molecule has 3 nitrogen and oxygen atoms in total. The minimum Gasteiger partial charge on any atom is -0.308 e. The van der Waals surface area contributed by atoms with Crippen molar-refractivity contribution in [2.45, 2.75) is 0 Å². The average molecular weight is 580 g/mol. The second-order valence-corrected chi connectivity index (χ2v) is 12.1. The second-order valence-electron chi connectivity index (χ2n) is 11.0. The van der Waals surface area contributed by atoms with Gasteiger partial charge in [-0.25, -0.2) is 4.98 Å². The number of rotatable bonds is 4. The molecule has 0 amide bonds. The average Bonchev–Trinajstić information content (AvgIpc) is 3.65. The van der Waals surface area contributed by atoms with E-state index in [0.29, 0.717) is 0 Å². The molecular weight excluding hydrogens is 555 g/mol. The summed E-state index contributed by atoms with van der Waals surface area (Å²) in [6.07, 6.45) is 1.90. The first-order chi connectivity index (χ1) is 21.8. The lowest BCUT2D eigenvalue weighted by Gasteiger charge is -2.12. The van der Waals surface area contributed by atoms with E-state index < -0.39 is 0 Å². The van der Waals surface area contributed by atoms with Crippen molar-refractivity contribution in [3.8, 4) is 39.3 Å². The van der Waals surface area contributed by atoms with Crippen molar-refractivity contribution in [3.63, 3.8) is 0 Å². The molecule has 0 atom stereocenters. The van der Waals surface area contributed by atoms with Crippen LogP contribution in [0.15, 0.2) is 152 Å².